The number of benzene rings is 2. The molecule has 0 saturated carbocycles. The van der Waals surface area contributed by atoms with Crippen LogP contribution < -0.4 is 0 Å². The molecule has 10 heteroatoms. The summed E-state index contributed by atoms with van der Waals surface area (Å²) in [6, 6.07) is 15.7. The van der Waals surface area contributed by atoms with Crippen molar-refractivity contribution in [1.29, 1.82) is 5.41 Å². The zero-order valence-corrected chi connectivity index (χ0v) is 16.4. The Kier molecular flexibility index (Phi) is 5.28. The highest BCUT2D eigenvalue weighted by Crippen LogP contribution is 2.33. The van der Waals surface area contributed by atoms with Gasteiger partial charge in [-0.3, -0.25) is 20.3 Å². The smallest absolute Gasteiger partial charge is 0.283 e. The van der Waals surface area contributed by atoms with Gasteiger partial charge < -0.3 is 0 Å². The minimum absolute atomic E-state index is 0.0114. The van der Waals surface area contributed by atoms with E-state index in [1.54, 1.807) is 4.90 Å². The van der Waals surface area contributed by atoms with Crippen LogP contribution >= 0.6 is 23.7 Å². The number of nitrogens with one attached hydrogen (secondary N) is 1. The van der Waals surface area contributed by atoms with Gasteiger partial charge in [0, 0.05) is 17.9 Å². The second kappa shape index (κ2) is 8.02. The van der Waals surface area contributed by atoms with Crippen molar-refractivity contribution >= 4 is 57.6 Å². The molecule has 2 aromatic carbocycles. The van der Waals surface area contributed by atoms with Gasteiger partial charge in [-0.05, 0) is 29.3 Å². The largest absolute Gasteiger partial charge is 0.283 e. The van der Waals surface area contributed by atoms with Crippen molar-refractivity contribution in [2.45, 2.75) is 5.75 Å². The molecule has 2 aliphatic rings. The third-order valence-electron chi connectivity index (χ3n) is 4.12. The molecule has 0 fully saturated rings. The number of amidine groups is 3. The molecule has 2 heterocycles. The van der Waals surface area contributed by atoms with Crippen LogP contribution in [-0.4, -0.2) is 31.9 Å². The lowest BCUT2D eigenvalue weighted by atomic mass is 10.1. The number of nitrogens with zero attached hydrogens (tertiary/aromatic N) is 4. The number of rotatable bonds is 4. The Morgan fingerprint density at radius 3 is 2.59 bits per heavy atom. The number of aliphatic imine (C=N–C) groups is 1. The van der Waals surface area contributed by atoms with Crippen molar-refractivity contribution in [3.63, 3.8) is 0 Å². The fraction of sp³-hybridized carbons (Fsp3) is 0.0526. The first kappa shape index (κ1) is 19.1. The Labute approximate surface area is 174 Å². The number of non-ortho nitro benzene ring substituents is 1. The van der Waals surface area contributed by atoms with Gasteiger partial charge in [-0.2, -0.15) is 9.39 Å². The van der Waals surface area contributed by atoms with E-state index in [4.69, 9.17) is 5.41 Å². The average Bonchev–Trinajstić information content (AvgIpc) is 3.13. The molecule has 29 heavy (non-hydrogen) atoms. The molecule has 0 bridgehead atoms. The van der Waals surface area contributed by atoms with Crippen molar-refractivity contribution in [3.05, 3.63) is 81.4 Å². The minimum atomic E-state index is -0.531. The highest BCUT2D eigenvalue weighted by atomic mass is 32.2. The lowest BCUT2D eigenvalue weighted by molar-refractivity contribution is -0.384. The predicted molar refractivity (Wildman–Crippen MR) is 116 cm³/mol. The van der Waals surface area contributed by atoms with Gasteiger partial charge in [-0.15, -0.1) is 0 Å². The van der Waals surface area contributed by atoms with E-state index in [0.29, 0.717) is 21.7 Å². The number of carbonyl (C=O) groups is 1. The molecule has 2 aromatic rings. The summed E-state index contributed by atoms with van der Waals surface area (Å²) in [5, 5.41) is 20.3. The zero-order valence-electron chi connectivity index (χ0n) is 14.8. The molecule has 1 N–H and O–H groups in total. The van der Waals surface area contributed by atoms with Crippen LogP contribution in [0.5, 0.6) is 0 Å². The third kappa shape index (κ3) is 3.98. The maximum absolute atomic E-state index is 12.4. The fourth-order valence-electron chi connectivity index (χ4n) is 2.68. The van der Waals surface area contributed by atoms with E-state index in [9.17, 15) is 14.9 Å². The van der Waals surface area contributed by atoms with Gasteiger partial charge in [0.15, 0.2) is 5.17 Å². The minimum Gasteiger partial charge on any atom is -0.283 e. The van der Waals surface area contributed by atoms with Gasteiger partial charge in [-0.1, -0.05) is 42.1 Å². The number of amides is 1. The second-order valence-corrected chi connectivity index (χ2v) is 7.70. The van der Waals surface area contributed by atoms with Crippen LogP contribution in [0.15, 0.2) is 69.6 Å². The van der Waals surface area contributed by atoms with Gasteiger partial charge in [0.2, 0.25) is 5.17 Å². The van der Waals surface area contributed by atoms with Crippen LogP contribution in [0.4, 0.5) is 5.69 Å². The number of hydrogen-bond donors (Lipinski definition) is 1. The highest BCUT2D eigenvalue weighted by molar-refractivity contribution is 8.18. The van der Waals surface area contributed by atoms with Crippen LogP contribution in [0.2, 0.25) is 0 Å². The summed E-state index contributed by atoms with van der Waals surface area (Å²) >= 11 is 2.53. The molecule has 8 nitrogen and oxygen atoms in total. The van der Waals surface area contributed by atoms with Gasteiger partial charge in [0.05, 0.1) is 22.4 Å². The molecule has 0 aliphatic carbocycles. The molecular weight excluding hydrogens is 410 g/mol. The Morgan fingerprint density at radius 1 is 1.17 bits per heavy atom. The summed E-state index contributed by atoms with van der Waals surface area (Å²) in [7, 11) is 0. The molecule has 0 aromatic heterocycles. The van der Waals surface area contributed by atoms with Crippen molar-refractivity contribution in [2.75, 3.05) is 0 Å². The van der Waals surface area contributed by atoms with E-state index in [2.05, 4.69) is 9.39 Å². The first-order valence-corrected chi connectivity index (χ1v) is 10.2. The average molecular weight is 423 g/mol. The summed E-state index contributed by atoms with van der Waals surface area (Å²) in [5.41, 5.74) is 1.76. The molecule has 144 valence electrons. The van der Waals surface area contributed by atoms with E-state index in [1.807, 2.05) is 30.3 Å². The molecule has 4 rings (SSSR count). The lowest BCUT2D eigenvalue weighted by Crippen LogP contribution is -2.41. The molecule has 0 radical (unpaired) electrons. The van der Waals surface area contributed by atoms with E-state index < -0.39 is 10.8 Å². The molecule has 0 unspecified atom stereocenters. The Balaban J connectivity index is 1.56. The first-order valence-electron chi connectivity index (χ1n) is 8.43. The maximum atomic E-state index is 12.4. The van der Waals surface area contributed by atoms with Crippen LogP contribution in [0.1, 0.15) is 11.1 Å². The predicted octanol–water partition coefficient (Wildman–Crippen LogP) is 4.10. The zero-order chi connectivity index (χ0) is 20.4. The summed E-state index contributed by atoms with van der Waals surface area (Å²) in [6.45, 7) is 0. The molecule has 1 amide bonds. The second-order valence-electron chi connectivity index (χ2n) is 6.03. The number of nitro benzene ring substituents is 1. The molecule has 0 atom stereocenters. The van der Waals surface area contributed by atoms with E-state index in [0.717, 1.165) is 17.5 Å². The first-order chi connectivity index (χ1) is 14.0. The molecule has 0 spiro atoms. The Hall–Kier alpha value is -3.24. The molecule has 2 aliphatic heterocycles. The summed E-state index contributed by atoms with van der Waals surface area (Å²) in [4.78, 5) is 28.3. The van der Waals surface area contributed by atoms with Crippen LogP contribution in [0.3, 0.4) is 0 Å². The van der Waals surface area contributed by atoms with Crippen LogP contribution in [-0.2, 0) is 10.5 Å². The van der Waals surface area contributed by atoms with Gasteiger partial charge in [-0.25, -0.2) is 4.90 Å². The van der Waals surface area contributed by atoms with Gasteiger partial charge >= 0.3 is 0 Å². The van der Waals surface area contributed by atoms with E-state index in [-0.39, 0.29) is 17.1 Å². The topological polar surface area (TPSA) is 112 Å². The van der Waals surface area contributed by atoms with Crippen molar-refractivity contribution in [2.24, 2.45) is 9.39 Å². The van der Waals surface area contributed by atoms with Crippen molar-refractivity contribution in [3.8, 4) is 0 Å². The van der Waals surface area contributed by atoms with Crippen molar-refractivity contribution < 1.29 is 9.72 Å². The quantitative estimate of drug-likeness (QED) is 0.343. The van der Waals surface area contributed by atoms with Crippen LogP contribution in [0, 0.1) is 15.5 Å². The lowest BCUT2D eigenvalue weighted by Gasteiger charge is -2.24. The van der Waals surface area contributed by atoms with Gasteiger partial charge in [0.25, 0.3) is 11.6 Å². The highest BCUT2D eigenvalue weighted by Gasteiger charge is 2.37. The number of thioether (sulfide) groups is 1. The monoisotopic (exact) mass is 423 g/mol. The number of carbonyl (C=O) groups excluding carboxylic acids is 1. The van der Waals surface area contributed by atoms with E-state index >= 15 is 0 Å². The van der Waals surface area contributed by atoms with Gasteiger partial charge in [0.1, 0.15) is 5.84 Å². The summed E-state index contributed by atoms with van der Waals surface area (Å²) in [5.74, 6) is 0.131. The van der Waals surface area contributed by atoms with E-state index in [1.165, 1.54) is 42.1 Å². The Morgan fingerprint density at radius 2 is 1.90 bits per heavy atom. The molecule has 0 saturated heterocycles. The number of nitro groups is 1. The third-order valence-corrected chi connectivity index (χ3v) is 5.95. The number of fused-ring (bicyclic) bond motifs is 1. The fourth-order valence-corrected chi connectivity index (χ4v) is 4.48. The SMILES string of the molecule is N=C1/C(=C/c2ccc([N+](=O)[O-])cc2)C(=O)N=C2SN=C(SCc3ccccc3)N12. The maximum Gasteiger partial charge on any atom is 0.283 e. The normalized spacial score (nSPS) is 17.2. The Bertz CT molecular complexity index is 1090. The molecular formula is C19H13N5O3S2. The van der Waals surface area contributed by atoms with Crippen LogP contribution in [0.25, 0.3) is 6.08 Å². The number of hydrogen-bond acceptors (Lipinski definition) is 7. The summed E-state index contributed by atoms with van der Waals surface area (Å²) < 4.78 is 4.35. The van der Waals surface area contributed by atoms with Crippen molar-refractivity contribution in [1.82, 2.24) is 4.90 Å². The summed E-state index contributed by atoms with van der Waals surface area (Å²) in [6.07, 6.45) is 1.51. The standard InChI is InChI=1S/C19H13N5O3S2/c20-16-15(10-12-6-8-14(9-7-12)24(26)27)17(25)21-18-23(16)19(22-29-18)28-11-13-4-2-1-3-5-13/h1-10,20H,11H2/b15-10-,20-16?.